The highest BCUT2D eigenvalue weighted by Gasteiger charge is 2.35. The fourth-order valence-electron chi connectivity index (χ4n) is 4.16. The Morgan fingerprint density at radius 3 is 2.51 bits per heavy atom. The van der Waals surface area contributed by atoms with Gasteiger partial charge in [-0.15, -0.1) is 0 Å². The fourth-order valence-corrected chi connectivity index (χ4v) is 6.20. The van der Waals surface area contributed by atoms with Crippen LogP contribution in [0.3, 0.4) is 0 Å². The van der Waals surface area contributed by atoms with Crippen LogP contribution >= 0.6 is 43.2 Å². The van der Waals surface area contributed by atoms with E-state index in [9.17, 15) is 24.8 Å². The zero-order valence-corrected chi connectivity index (χ0v) is 25.0. The number of thiazole rings is 1. The van der Waals surface area contributed by atoms with Crippen molar-refractivity contribution >= 4 is 60.9 Å². The molecule has 1 aromatic heterocycles. The van der Waals surface area contributed by atoms with Crippen molar-refractivity contribution in [2.75, 3.05) is 20.8 Å². The van der Waals surface area contributed by atoms with Crippen LogP contribution in [0.25, 0.3) is 6.08 Å². The maximum Gasteiger partial charge on any atom is 0.338 e. The van der Waals surface area contributed by atoms with E-state index < -0.39 is 33.9 Å². The highest BCUT2D eigenvalue weighted by atomic mass is 79.9. The smallest absolute Gasteiger partial charge is 0.338 e. The first-order valence-corrected chi connectivity index (χ1v) is 13.7. The third-order valence-electron chi connectivity index (χ3n) is 5.88. The summed E-state index contributed by atoms with van der Waals surface area (Å²) < 4.78 is 18.5. The lowest BCUT2D eigenvalue weighted by atomic mass is 9.95. The minimum absolute atomic E-state index is 0.0616. The summed E-state index contributed by atoms with van der Waals surface area (Å²) in [5.41, 5.74) is 0.0429. The van der Waals surface area contributed by atoms with Crippen LogP contribution in [0.4, 0.5) is 5.69 Å². The van der Waals surface area contributed by atoms with E-state index in [1.807, 2.05) is 0 Å². The number of hydrogen-bond acceptors (Lipinski definition) is 10. The number of hydrogen-bond donors (Lipinski definition) is 1. The Bertz CT molecular complexity index is 1730. The highest BCUT2D eigenvalue weighted by molar-refractivity contribution is 9.10. The molecule has 14 heteroatoms. The Kier molecular flexibility index (Phi) is 8.28. The molecule has 2 aromatic carbocycles. The van der Waals surface area contributed by atoms with Crippen LogP contribution in [-0.4, -0.2) is 41.4 Å². The fraction of sp³-hybridized carbons (Fsp3) is 0.240. The molecule has 0 spiro atoms. The number of aromatic hydroxyl groups is 1. The van der Waals surface area contributed by atoms with Gasteiger partial charge >= 0.3 is 11.7 Å². The van der Waals surface area contributed by atoms with E-state index in [-0.39, 0.29) is 27.1 Å². The number of carbonyl (C=O) groups excluding carboxylic acids is 1. The average molecular weight is 683 g/mol. The number of ether oxygens (including phenoxy) is 3. The summed E-state index contributed by atoms with van der Waals surface area (Å²) in [7, 11) is 2.96. The minimum Gasteiger partial charge on any atom is -0.502 e. The molecule has 0 saturated heterocycles. The third-order valence-corrected chi connectivity index (χ3v) is 8.01. The molecule has 0 unspecified atom stereocenters. The summed E-state index contributed by atoms with van der Waals surface area (Å²) >= 11 is 7.75. The monoisotopic (exact) mass is 681 g/mol. The summed E-state index contributed by atoms with van der Waals surface area (Å²) in [5, 5.41) is 21.9. The van der Waals surface area contributed by atoms with Gasteiger partial charge in [0.2, 0.25) is 5.75 Å². The molecular weight excluding hydrogens is 662 g/mol. The molecule has 0 radical (unpaired) electrons. The first kappa shape index (κ1) is 28.5. The van der Waals surface area contributed by atoms with Gasteiger partial charge in [0.1, 0.15) is 0 Å². The van der Waals surface area contributed by atoms with Gasteiger partial charge in [0.15, 0.2) is 16.3 Å². The number of methoxy groups -OCH3 is 2. The summed E-state index contributed by atoms with van der Waals surface area (Å²) in [6, 6.07) is 4.99. The molecular formula is C25H21Br2N3O8S. The Hall–Kier alpha value is -3.49. The molecule has 2 heterocycles. The Labute approximate surface area is 242 Å². The summed E-state index contributed by atoms with van der Waals surface area (Å²) in [4.78, 5) is 42.5. The van der Waals surface area contributed by atoms with E-state index in [0.717, 1.165) is 17.4 Å². The number of nitrogens with zero attached hydrogens (tertiary/aromatic N) is 3. The molecule has 204 valence electrons. The molecule has 0 bridgehead atoms. The van der Waals surface area contributed by atoms with E-state index >= 15 is 0 Å². The van der Waals surface area contributed by atoms with Crippen LogP contribution in [0.1, 0.15) is 31.0 Å². The van der Waals surface area contributed by atoms with Gasteiger partial charge in [-0.05, 0) is 43.7 Å². The van der Waals surface area contributed by atoms with E-state index in [1.165, 1.54) is 30.9 Å². The van der Waals surface area contributed by atoms with Gasteiger partial charge in [0, 0.05) is 20.6 Å². The molecule has 39 heavy (non-hydrogen) atoms. The lowest BCUT2D eigenvalue weighted by molar-refractivity contribution is -0.385. The molecule has 0 saturated carbocycles. The highest BCUT2D eigenvalue weighted by Crippen LogP contribution is 2.41. The van der Waals surface area contributed by atoms with Crippen molar-refractivity contribution in [3.8, 4) is 17.2 Å². The molecule has 1 N–H and O–H groups in total. The quantitative estimate of drug-likeness (QED) is 0.224. The topological polar surface area (TPSA) is 142 Å². The predicted molar refractivity (Wildman–Crippen MR) is 150 cm³/mol. The van der Waals surface area contributed by atoms with Crippen molar-refractivity contribution in [2.24, 2.45) is 4.99 Å². The van der Waals surface area contributed by atoms with Crippen LogP contribution in [-0.2, 0) is 9.53 Å². The number of allylic oxidation sites excluding steroid dienone is 1. The zero-order valence-electron chi connectivity index (χ0n) is 21.0. The lowest BCUT2D eigenvalue weighted by Gasteiger charge is -2.26. The second kappa shape index (κ2) is 11.3. The van der Waals surface area contributed by atoms with E-state index in [2.05, 4.69) is 36.9 Å². The Balaban J connectivity index is 2.04. The standard InChI is InChI=1S/C25H21Br2N3O8S/c1-5-38-24(33)20-11(2)28-25-29(21(20)14-9-17(36-3)18(37-4)10-15(14)27)23(32)19(39-25)7-12-6-13(26)8-16(22(12)31)30(34)35/h6-10,21,31H,5H2,1-4H3/b19-7-/t21-/m1/s1. The maximum absolute atomic E-state index is 13.8. The summed E-state index contributed by atoms with van der Waals surface area (Å²) in [6.07, 6.45) is 1.35. The van der Waals surface area contributed by atoms with Gasteiger partial charge < -0.3 is 19.3 Å². The number of esters is 1. The normalized spacial score (nSPS) is 15.0. The molecule has 0 aliphatic carbocycles. The van der Waals surface area contributed by atoms with E-state index in [1.54, 1.807) is 26.0 Å². The predicted octanol–water partition coefficient (Wildman–Crippen LogP) is 3.95. The molecule has 3 aromatic rings. The molecule has 11 nitrogen and oxygen atoms in total. The van der Waals surface area contributed by atoms with Crippen LogP contribution in [0.15, 0.2) is 54.3 Å². The molecule has 1 aliphatic heterocycles. The first-order chi connectivity index (χ1) is 18.5. The van der Waals surface area contributed by atoms with E-state index in [0.29, 0.717) is 31.7 Å². The Morgan fingerprint density at radius 1 is 1.23 bits per heavy atom. The molecule has 4 rings (SSSR count). The van der Waals surface area contributed by atoms with Gasteiger partial charge in [-0.25, -0.2) is 9.79 Å². The van der Waals surface area contributed by atoms with Gasteiger partial charge in [0.05, 0.1) is 47.6 Å². The van der Waals surface area contributed by atoms with Crippen molar-refractivity contribution in [2.45, 2.75) is 19.9 Å². The second-order valence-electron chi connectivity index (χ2n) is 8.15. The number of halogens is 2. The number of carbonyl (C=O) groups is 1. The zero-order chi connectivity index (χ0) is 28.6. The van der Waals surface area contributed by atoms with Gasteiger partial charge in [-0.3, -0.25) is 19.5 Å². The van der Waals surface area contributed by atoms with Crippen LogP contribution in [0.2, 0.25) is 0 Å². The van der Waals surface area contributed by atoms with E-state index in [4.69, 9.17) is 14.2 Å². The third kappa shape index (κ3) is 5.23. The number of rotatable bonds is 7. The second-order valence-corrected chi connectivity index (χ2v) is 10.9. The van der Waals surface area contributed by atoms with Gasteiger partial charge in [0.25, 0.3) is 5.56 Å². The largest absolute Gasteiger partial charge is 0.502 e. The maximum atomic E-state index is 13.8. The number of phenols is 1. The number of benzene rings is 2. The SMILES string of the molecule is CCOC(=O)C1=C(C)N=c2s/c(=C\c3cc(Br)cc([N+](=O)[O-])c3O)c(=O)n2[C@@H]1c1cc(OC)c(OC)cc1Br. The first-order valence-electron chi connectivity index (χ1n) is 11.3. The number of nitro benzene ring substituents is 1. The molecule has 0 fully saturated rings. The van der Waals surface area contributed by atoms with Crippen LogP contribution < -0.4 is 24.4 Å². The van der Waals surface area contributed by atoms with Crippen molar-refractivity contribution in [1.29, 1.82) is 0 Å². The summed E-state index contributed by atoms with van der Waals surface area (Å²) in [6.45, 7) is 3.43. The molecule has 1 aliphatic rings. The lowest BCUT2D eigenvalue weighted by Crippen LogP contribution is -2.40. The van der Waals surface area contributed by atoms with Crippen molar-refractivity contribution in [1.82, 2.24) is 4.57 Å². The molecule has 0 amide bonds. The summed E-state index contributed by atoms with van der Waals surface area (Å²) in [5.74, 6) is -0.413. The number of fused-ring (bicyclic) bond motifs is 1. The number of phenolic OH excluding ortho intramolecular Hbond substituents is 1. The van der Waals surface area contributed by atoms with Crippen LogP contribution in [0.5, 0.6) is 17.2 Å². The van der Waals surface area contributed by atoms with Crippen molar-refractivity contribution in [3.05, 3.63) is 85.4 Å². The average Bonchev–Trinajstić information content (AvgIpc) is 3.19. The number of aromatic nitrogens is 1. The molecule has 1 atom stereocenters. The van der Waals surface area contributed by atoms with Crippen LogP contribution in [0, 0.1) is 10.1 Å². The Morgan fingerprint density at radius 2 is 1.90 bits per heavy atom. The minimum atomic E-state index is -0.956. The van der Waals surface area contributed by atoms with Crippen molar-refractivity contribution in [3.63, 3.8) is 0 Å². The van der Waals surface area contributed by atoms with Gasteiger partial charge in [-0.1, -0.05) is 43.2 Å². The van der Waals surface area contributed by atoms with Gasteiger partial charge in [-0.2, -0.15) is 0 Å². The number of nitro groups is 1. The van der Waals surface area contributed by atoms with Crippen molar-refractivity contribution < 1.29 is 29.0 Å².